The highest BCUT2D eigenvalue weighted by Crippen LogP contribution is 2.56. The largest absolute Gasteiger partial charge is 0.500 e. The van der Waals surface area contributed by atoms with Crippen LogP contribution in [0.25, 0.3) is 0 Å². The lowest BCUT2D eigenvalue weighted by molar-refractivity contribution is -0.0350. The summed E-state index contributed by atoms with van der Waals surface area (Å²) in [6.07, 6.45) is 3.34. The maximum absolute atomic E-state index is 13.4. The molecule has 31 heavy (non-hydrogen) atoms. The van der Waals surface area contributed by atoms with Crippen molar-refractivity contribution in [1.82, 2.24) is 4.90 Å². The molecule has 0 spiro atoms. The van der Waals surface area contributed by atoms with Gasteiger partial charge in [0.1, 0.15) is 11.4 Å². The van der Waals surface area contributed by atoms with Crippen molar-refractivity contribution in [3.05, 3.63) is 29.3 Å². The van der Waals surface area contributed by atoms with Gasteiger partial charge < -0.3 is 14.4 Å². The summed E-state index contributed by atoms with van der Waals surface area (Å²) in [7, 11) is 2.85. The normalized spacial score (nSPS) is 28.0. The summed E-state index contributed by atoms with van der Waals surface area (Å²) in [5.41, 5.74) is 1.93. The fraction of sp³-hybridized carbons (Fsp3) is 0.696. The maximum Gasteiger partial charge on any atom is 0.410 e. The highest BCUT2D eigenvalue weighted by Gasteiger charge is 2.55. The maximum atomic E-state index is 13.4. The molecule has 8 heteroatoms. The number of nitrogens with zero attached hydrogens (tertiary/aromatic N) is 1. The van der Waals surface area contributed by atoms with Crippen LogP contribution in [0.3, 0.4) is 0 Å². The average Bonchev–Trinajstić information content (AvgIpc) is 2.66. The van der Waals surface area contributed by atoms with Crippen molar-refractivity contribution in [1.29, 1.82) is 0 Å². The number of piperidine rings is 1. The number of fused-ring (bicyclic) bond motifs is 1. The number of carbonyl (C=O) groups excluding carboxylic acids is 1. The predicted molar refractivity (Wildman–Crippen MR) is 122 cm³/mol. The Balaban J connectivity index is 1.69. The van der Waals surface area contributed by atoms with Crippen LogP contribution in [0.15, 0.2) is 18.2 Å². The van der Waals surface area contributed by atoms with Gasteiger partial charge in [-0.25, -0.2) is 13.6 Å². The fourth-order valence-corrected chi connectivity index (χ4v) is 5.94. The van der Waals surface area contributed by atoms with Crippen molar-refractivity contribution in [2.45, 2.75) is 88.2 Å². The van der Waals surface area contributed by atoms with Crippen LogP contribution in [0, 0.1) is 5.92 Å². The third-order valence-corrected chi connectivity index (χ3v) is 7.34. The number of ether oxygens (including phenoxy) is 2. The highest BCUT2D eigenvalue weighted by molar-refractivity contribution is 6.39. The number of hydrogen-bond donors (Lipinski definition) is 0. The molecule has 4 rings (SSSR count). The molecule has 1 saturated heterocycles. The molecule has 1 heterocycles. The first-order chi connectivity index (χ1) is 14.4. The molecule has 4 nitrogen and oxygen atoms in total. The summed E-state index contributed by atoms with van der Waals surface area (Å²) in [6.45, 7) is 6.37. The van der Waals surface area contributed by atoms with Crippen molar-refractivity contribution < 1.29 is 23.0 Å². The van der Waals surface area contributed by atoms with Gasteiger partial charge in [0.2, 0.25) is 0 Å². The minimum absolute atomic E-state index is 0.0106. The Labute approximate surface area is 185 Å². The number of amides is 1. The molecule has 1 saturated carbocycles. The summed E-state index contributed by atoms with van der Waals surface area (Å²) in [5.74, 6) is 0.879. The zero-order valence-electron chi connectivity index (χ0n) is 19.3. The molecule has 2 aliphatic carbocycles. The quantitative estimate of drug-likeness (QED) is 0.691. The Kier molecular flexibility index (Phi) is 5.58. The lowest BCUT2D eigenvalue weighted by atomic mass is 9.52. The number of alkyl halides is 2. The Morgan fingerprint density at radius 2 is 1.97 bits per heavy atom. The first-order valence-electron chi connectivity index (χ1n) is 11.5. The van der Waals surface area contributed by atoms with E-state index >= 15 is 0 Å². The first-order valence-corrected chi connectivity index (χ1v) is 11.5. The summed E-state index contributed by atoms with van der Waals surface area (Å²) in [6, 6.07) is 5.96. The lowest BCUT2D eigenvalue weighted by Crippen LogP contribution is -2.62. The van der Waals surface area contributed by atoms with Crippen LogP contribution in [0.1, 0.15) is 64.0 Å². The fourth-order valence-electron chi connectivity index (χ4n) is 5.94. The van der Waals surface area contributed by atoms with E-state index in [4.69, 9.17) is 9.47 Å². The van der Waals surface area contributed by atoms with Crippen molar-refractivity contribution in [2.24, 2.45) is 5.92 Å². The Morgan fingerprint density at radius 1 is 1.23 bits per heavy atom. The van der Waals surface area contributed by atoms with Gasteiger partial charge in [-0.05, 0) is 75.6 Å². The van der Waals surface area contributed by atoms with Gasteiger partial charge in [0.15, 0.2) is 15.7 Å². The summed E-state index contributed by atoms with van der Waals surface area (Å²) in [5, 5.41) is -1.53. The van der Waals surface area contributed by atoms with Crippen molar-refractivity contribution in [2.75, 3.05) is 6.54 Å². The monoisotopic (exact) mass is 431 g/mol. The van der Waals surface area contributed by atoms with Crippen LogP contribution in [-0.4, -0.2) is 56.7 Å². The van der Waals surface area contributed by atoms with Gasteiger partial charge in [0.25, 0.3) is 6.43 Å². The Bertz CT molecular complexity index is 858. The van der Waals surface area contributed by atoms with E-state index < -0.39 is 17.4 Å². The van der Waals surface area contributed by atoms with Crippen molar-refractivity contribution in [3.8, 4) is 5.75 Å². The second kappa shape index (κ2) is 7.70. The third kappa shape index (κ3) is 4.07. The first kappa shape index (κ1) is 22.5. The number of benzene rings is 1. The molecule has 0 N–H and O–H groups in total. The smallest absolute Gasteiger partial charge is 0.410 e. The summed E-state index contributed by atoms with van der Waals surface area (Å²) < 4.78 is 38.2. The minimum Gasteiger partial charge on any atom is -0.500 e. The third-order valence-electron chi connectivity index (χ3n) is 7.34. The number of hydrogen-bond acceptors (Lipinski definition) is 3. The van der Waals surface area contributed by atoms with E-state index in [0.717, 1.165) is 38.5 Å². The van der Waals surface area contributed by atoms with E-state index in [1.165, 1.54) is 26.8 Å². The second-order valence-corrected chi connectivity index (χ2v) is 11.0. The van der Waals surface area contributed by atoms with Crippen LogP contribution >= 0.6 is 0 Å². The molecule has 0 radical (unpaired) electrons. The standard InChI is InChI=1S/C23H33B2F2NO3/c1-21(2,3)31-20(29)28-11-10-22-9-5-4-6-16(22)18(28)12-14-7-8-15(13-17(14)22)30-23(24,25)19(26)27/h7-8,13,16,18-19H,4-6,9-12,24-25H2,1-3H3/t16-,18+,22+/m1/s1. The average molecular weight is 431 g/mol. The molecule has 3 atom stereocenters. The van der Waals surface area contributed by atoms with Gasteiger partial charge in [0.05, 0.1) is 5.40 Å². The predicted octanol–water partition coefficient (Wildman–Crippen LogP) is 3.24. The van der Waals surface area contributed by atoms with E-state index in [0.29, 0.717) is 18.2 Å². The highest BCUT2D eigenvalue weighted by atomic mass is 19.3. The van der Waals surface area contributed by atoms with Crippen LogP contribution in [-0.2, 0) is 16.6 Å². The van der Waals surface area contributed by atoms with Crippen LogP contribution in [0.2, 0.25) is 0 Å². The number of rotatable bonds is 3. The van der Waals surface area contributed by atoms with Gasteiger partial charge in [-0.3, -0.25) is 0 Å². The Morgan fingerprint density at radius 3 is 2.65 bits per heavy atom. The molecule has 2 fully saturated rings. The number of carbonyl (C=O) groups is 1. The molecule has 1 amide bonds. The van der Waals surface area contributed by atoms with Crippen molar-refractivity contribution >= 4 is 21.8 Å². The molecular formula is C23H33B2F2NO3. The van der Waals surface area contributed by atoms with Crippen LogP contribution < -0.4 is 4.74 Å². The number of likely N-dealkylation sites (tertiary alicyclic amines) is 1. The van der Waals surface area contributed by atoms with E-state index in [1.54, 1.807) is 6.07 Å². The molecular weight excluding hydrogens is 398 g/mol. The molecule has 1 aliphatic heterocycles. The van der Waals surface area contributed by atoms with E-state index in [2.05, 4.69) is 0 Å². The lowest BCUT2D eigenvalue weighted by Gasteiger charge is -2.58. The molecule has 1 aromatic carbocycles. The van der Waals surface area contributed by atoms with Gasteiger partial charge in [-0.1, -0.05) is 18.9 Å². The zero-order valence-corrected chi connectivity index (χ0v) is 19.3. The second-order valence-electron chi connectivity index (χ2n) is 11.0. The van der Waals surface area contributed by atoms with E-state index in [1.807, 2.05) is 37.8 Å². The van der Waals surface area contributed by atoms with Crippen LogP contribution in [0.5, 0.6) is 5.75 Å². The number of halogens is 2. The molecule has 1 aromatic rings. The van der Waals surface area contributed by atoms with Gasteiger partial charge >= 0.3 is 6.09 Å². The molecule has 168 valence electrons. The van der Waals surface area contributed by atoms with Gasteiger partial charge in [-0.15, -0.1) is 0 Å². The Hall–Kier alpha value is -1.72. The van der Waals surface area contributed by atoms with Gasteiger partial charge in [0, 0.05) is 18.0 Å². The molecule has 0 aromatic heterocycles. The summed E-state index contributed by atoms with van der Waals surface area (Å²) >= 11 is 0. The van der Waals surface area contributed by atoms with Gasteiger partial charge in [-0.2, -0.15) is 0 Å². The molecule has 0 unspecified atom stereocenters. The molecule has 3 aliphatic rings. The van der Waals surface area contributed by atoms with Crippen molar-refractivity contribution in [3.63, 3.8) is 0 Å². The van der Waals surface area contributed by atoms with E-state index in [9.17, 15) is 13.6 Å². The zero-order chi connectivity index (χ0) is 22.6. The van der Waals surface area contributed by atoms with E-state index in [-0.39, 0.29) is 17.6 Å². The molecule has 2 bridgehead atoms. The summed E-state index contributed by atoms with van der Waals surface area (Å²) in [4.78, 5) is 14.9. The van der Waals surface area contributed by atoms with Crippen LogP contribution in [0.4, 0.5) is 13.6 Å². The minimum atomic E-state index is -2.56. The topological polar surface area (TPSA) is 38.8 Å². The SMILES string of the molecule is BC(B)(Oc1ccc2c(c1)[C@]13CCCC[C@@H]1[C@H](C2)N(C(=O)OC(C)(C)C)CC3)C(F)F.